The van der Waals surface area contributed by atoms with E-state index in [1.54, 1.807) is 19.2 Å². The van der Waals surface area contributed by atoms with Gasteiger partial charge in [0, 0.05) is 36.0 Å². The van der Waals surface area contributed by atoms with Crippen molar-refractivity contribution in [2.45, 2.75) is 32.4 Å². The molecule has 0 radical (unpaired) electrons. The molecule has 8 heteroatoms. The van der Waals surface area contributed by atoms with Gasteiger partial charge in [-0.05, 0) is 49.2 Å². The second-order valence-corrected chi connectivity index (χ2v) is 8.18. The Bertz CT molecular complexity index is 1190. The van der Waals surface area contributed by atoms with Crippen molar-refractivity contribution in [1.82, 2.24) is 16.3 Å². The van der Waals surface area contributed by atoms with E-state index >= 15 is 0 Å². The molecule has 4 rings (SSSR count). The lowest BCUT2D eigenvalue weighted by Gasteiger charge is -2.21. The molecule has 34 heavy (non-hydrogen) atoms. The molecular formula is C26H31N5O3. The second kappa shape index (κ2) is 10.5. The minimum absolute atomic E-state index is 0.0996. The molecule has 1 aliphatic heterocycles. The lowest BCUT2D eigenvalue weighted by Crippen LogP contribution is -2.41. The first-order valence-electron chi connectivity index (χ1n) is 11.5. The van der Waals surface area contributed by atoms with E-state index in [1.807, 2.05) is 30.3 Å². The standard InChI is InChI=1S/C26H31N5O3/c1-4-31(5-2)19-12-10-18(23(32)14-19)16-27-30-26(33)22-15-21(28-29-22)25-20-9-7-6-8-17(20)11-13-24(25)34-3/h6-14,16,21-22,28-29,32H,4-5,15H2,1-3H3,(H,30,33)/b27-16+. The van der Waals surface area contributed by atoms with Crippen LogP contribution in [0.1, 0.15) is 37.4 Å². The van der Waals surface area contributed by atoms with Crippen molar-refractivity contribution < 1.29 is 14.6 Å². The highest BCUT2D eigenvalue weighted by atomic mass is 16.5. The van der Waals surface area contributed by atoms with Crippen molar-refractivity contribution in [2.24, 2.45) is 5.10 Å². The molecule has 178 valence electrons. The monoisotopic (exact) mass is 461 g/mol. The van der Waals surface area contributed by atoms with E-state index in [-0.39, 0.29) is 17.7 Å². The number of nitrogens with zero attached hydrogens (tertiary/aromatic N) is 2. The van der Waals surface area contributed by atoms with Crippen LogP contribution in [0, 0.1) is 0 Å². The summed E-state index contributed by atoms with van der Waals surface area (Å²) in [7, 11) is 1.65. The number of amides is 1. The van der Waals surface area contributed by atoms with Gasteiger partial charge in [-0.25, -0.2) is 16.3 Å². The third kappa shape index (κ3) is 4.83. The summed E-state index contributed by atoms with van der Waals surface area (Å²) in [5.74, 6) is 0.636. The van der Waals surface area contributed by atoms with Crippen molar-refractivity contribution in [3.63, 3.8) is 0 Å². The van der Waals surface area contributed by atoms with Crippen LogP contribution in [0.15, 0.2) is 59.7 Å². The molecule has 1 aliphatic rings. The summed E-state index contributed by atoms with van der Waals surface area (Å²) in [5.41, 5.74) is 11.4. The molecule has 8 nitrogen and oxygen atoms in total. The van der Waals surface area contributed by atoms with Gasteiger partial charge in [0.1, 0.15) is 17.5 Å². The van der Waals surface area contributed by atoms with Gasteiger partial charge in [0.05, 0.1) is 19.4 Å². The fraction of sp³-hybridized carbons (Fsp3) is 0.308. The first-order valence-corrected chi connectivity index (χ1v) is 11.5. The molecule has 2 atom stereocenters. The molecule has 2 unspecified atom stereocenters. The lowest BCUT2D eigenvalue weighted by molar-refractivity contribution is -0.122. The molecule has 0 saturated carbocycles. The van der Waals surface area contributed by atoms with E-state index in [0.29, 0.717) is 12.0 Å². The summed E-state index contributed by atoms with van der Waals surface area (Å²) < 4.78 is 5.61. The quantitative estimate of drug-likeness (QED) is 0.303. The predicted molar refractivity (Wildman–Crippen MR) is 135 cm³/mol. The molecule has 3 aromatic carbocycles. The van der Waals surface area contributed by atoms with E-state index < -0.39 is 6.04 Å². The topological polar surface area (TPSA) is 98.2 Å². The molecule has 1 saturated heterocycles. The molecule has 1 heterocycles. The van der Waals surface area contributed by atoms with Gasteiger partial charge in [-0.1, -0.05) is 30.3 Å². The molecule has 0 aliphatic carbocycles. The minimum atomic E-state index is -0.468. The highest BCUT2D eigenvalue weighted by Crippen LogP contribution is 2.36. The average molecular weight is 462 g/mol. The van der Waals surface area contributed by atoms with Gasteiger partial charge >= 0.3 is 0 Å². The Morgan fingerprint density at radius 1 is 1.18 bits per heavy atom. The average Bonchev–Trinajstić information content (AvgIpc) is 3.35. The number of ether oxygens (including phenoxy) is 1. The Morgan fingerprint density at radius 2 is 1.97 bits per heavy atom. The van der Waals surface area contributed by atoms with Crippen LogP contribution in [0.5, 0.6) is 11.5 Å². The second-order valence-electron chi connectivity index (χ2n) is 8.18. The van der Waals surface area contributed by atoms with E-state index in [2.05, 4.69) is 52.3 Å². The number of carbonyl (C=O) groups is 1. The summed E-state index contributed by atoms with van der Waals surface area (Å²) in [6.07, 6.45) is 1.99. The number of fused-ring (bicyclic) bond motifs is 1. The summed E-state index contributed by atoms with van der Waals surface area (Å²) in [5, 5.41) is 16.6. The van der Waals surface area contributed by atoms with Gasteiger partial charge in [-0.2, -0.15) is 5.10 Å². The number of hydrogen-bond donors (Lipinski definition) is 4. The number of nitrogens with one attached hydrogen (secondary N) is 3. The van der Waals surface area contributed by atoms with Crippen LogP contribution in [0.2, 0.25) is 0 Å². The number of methoxy groups -OCH3 is 1. The number of aromatic hydroxyl groups is 1. The zero-order valence-electron chi connectivity index (χ0n) is 19.7. The first-order chi connectivity index (χ1) is 16.5. The van der Waals surface area contributed by atoms with Gasteiger partial charge in [-0.15, -0.1) is 0 Å². The van der Waals surface area contributed by atoms with Crippen LogP contribution in [0.3, 0.4) is 0 Å². The van der Waals surface area contributed by atoms with Crippen molar-refractivity contribution in [1.29, 1.82) is 0 Å². The van der Waals surface area contributed by atoms with E-state index in [9.17, 15) is 9.90 Å². The number of carbonyl (C=O) groups excluding carboxylic acids is 1. The van der Waals surface area contributed by atoms with Crippen LogP contribution in [0.25, 0.3) is 10.8 Å². The zero-order valence-corrected chi connectivity index (χ0v) is 19.7. The fourth-order valence-corrected chi connectivity index (χ4v) is 4.40. The summed E-state index contributed by atoms with van der Waals surface area (Å²) in [6, 6.07) is 17.0. The Morgan fingerprint density at radius 3 is 2.71 bits per heavy atom. The highest BCUT2D eigenvalue weighted by Gasteiger charge is 2.32. The first kappa shape index (κ1) is 23.5. The number of phenols is 1. The molecule has 3 aromatic rings. The maximum atomic E-state index is 12.7. The SMILES string of the molecule is CCN(CC)c1ccc(/C=N/NC(=O)C2CC(c3c(OC)ccc4ccccc34)NN2)c(O)c1. The van der Waals surface area contributed by atoms with E-state index in [0.717, 1.165) is 40.9 Å². The third-order valence-electron chi connectivity index (χ3n) is 6.24. The highest BCUT2D eigenvalue weighted by molar-refractivity contribution is 5.89. The smallest absolute Gasteiger partial charge is 0.258 e. The van der Waals surface area contributed by atoms with Crippen LogP contribution >= 0.6 is 0 Å². The molecule has 0 spiro atoms. The van der Waals surface area contributed by atoms with Crippen molar-refractivity contribution in [2.75, 3.05) is 25.1 Å². The summed E-state index contributed by atoms with van der Waals surface area (Å²) in [6.45, 7) is 5.84. The fourth-order valence-electron chi connectivity index (χ4n) is 4.40. The number of benzene rings is 3. The lowest BCUT2D eigenvalue weighted by atomic mass is 9.95. The Labute approximate surface area is 199 Å². The van der Waals surface area contributed by atoms with Gasteiger partial charge in [0.2, 0.25) is 0 Å². The van der Waals surface area contributed by atoms with Crippen LogP contribution < -0.4 is 25.9 Å². The van der Waals surface area contributed by atoms with Gasteiger partial charge in [0.25, 0.3) is 5.91 Å². The third-order valence-corrected chi connectivity index (χ3v) is 6.24. The molecule has 1 fully saturated rings. The van der Waals surface area contributed by atoms with Gasteiger partial charge in [-0.3, -0.25) is 4.79 Å². The maximum absolute atomic E-state index is 12.7. The van der Waals surface area contributed by atoms with Gasteiger partial charge < -0.3 is 14.7 Å². The van der Waals surface area contributed by atoms with E-state index in [1.165, 1.54) is 6.21 Å². The number of hydrogen-bond acceptors (Lipinski definition) is 7. The van der Waals surface area contributed by atoms with Crippen LogP contribution in [-0.2, 0) is 4.79 Å². The molecule has 0 bridgehead atoms. The number of anilines is 1. The normalized spacial score (nSPS) is 17.9. The Kier molecular flexibility index (Phi) is 7.30. The summed E-state index contributed by atoms with van der Waals surface area (Å²) >= 11 is 0. The summed E-state index contributed by atoms with van der Waals surface area (Å²) in [4.78, 5) is 14.9. The molecular weight excluding hydrogens is 430 g/mol. The zero-order chi connectivity index (χ0) is 24.1. The largest absolute Gasteiger partial charge is 0.507 e. The number of hydrazine groups is 1. The van der Waals surface area contributed by atoms with Gasteiger partial charge in [0.15, 0.2) is 0 Å². The van der Waals surface area contributed by atoms with Crippen molar-refractivity contribution in [3.05, 3.63) is 65.7 Å². The molecule has 0 aromatic heterocycles. The van der Waals surface area contributed by atoms with Crippen LogP contribution in [-0.4, -0.2) is 43.5 Å². The van der Waals surface area contributed by atoms with Crippen LogP contribution in [0.4, 0.5) is 5.69 Å². The predicted octanol–water partition coefficient (Wildman–Crippen LogP) is 3.46. The molecule has 1 amide bonds. The van der Waals surface area contributed by atoms with Crippen molar-refractivity contribution >= 4 is 28.6 Å². The Hall–Kier alpha value is -3.62. The molecule has 4 N–H and O–H groups in total. The minimum Gasteiger partial charge on any atom is -0.507 e. The Balaban J connectivity index is 1.42. The number of rotatable bonds is 8. The van der Waals surface area contributed by atoms with E-state index in [4.69, 9.17) is 4.74 Å². The number of phenolic OH excluding ortho intramolecular Hbond substituents is 1. The van der Waals surface area contributed by atoms with Crippen molar-refractivity contribution in [3.8, 4) is 11.5 Å². The number of hydrazone groups is 1. The maximum Gasteiger partial charge on any atom is 0.258 e.